The van der Waals surface area contributed by atoms with E-state index < -0.39 is 29.3 Å². The molecule has 1 amide bonds. The second kappa shape index (κ2) is 7.72. The van der Waals surface area contributed by atoms with Crippen molar-refractivity contribution in [3.8, 4) is 11.3 Å². The number of benzene rings is 1. The Morgan fingerprint density at radius 3 is 2.57 bits per heavy atom. The molecular formula is C17H13ClF4N4O2. The highest BCUT2D eigenvalue weighted by atomic mass is 35.5. The van der Waals surface area contributed by atoms with Crippen LogP contribution in [0.5, 0.6) is 0 Å². The molecule has 6 nitrogen and oxygen atoms in total. The Labute approximate surface area is 161 Å². The zero-order chi connectivity index (χ0) is 20.5. The molecule has 2 heterocycles. The Morgan fingerprint density at radius 2 is 1.96 bits per heavy atom. The van der Waals surface area contributed by atoms with Gasteiger partial charge < -0.3 is 10.1 Å². The summed E-state index contributed by atoms with van der Waals surface area (Å²) in [5.41, 5.74) is -1.75. The lowest BCUT2D eigenvalue weighted by Crippen LogP contribution is -2.27. The molecule has 3 aromatic rings. The first-order chi connectivity index (χ1) is 13.2. The van der Waals surface area contributed by atoms with Crippen molar-refractivity contribution in [1.82, 2.24) is 19.9 Å². The smallest absolute Gasteiger partial charge is 0.383 e. The highest BCUT2D eigenvalue weighted by Gasteiger charge is 2.36. The van der Waals surface area contributed by atoms with Crippen LogP contribution in [0.25, 0.3) is 16.9 Å². The highest BCUT2D eigenvalue weighted by Crippen LogP contribution is 2.34. The molecule has 0 atom stereocenters. The first-order valence-electron chi connectivity index (χ1n) is 7.92. The number of rotatable bonds is 5. The van der Waals surface area contributed by atoms with Gasteiger partial charge in [0.2, 0.25) is 0 Å². The predicted molar refractivity (Wildman–Crippen MR) is 92.6 cm³/mol. The van der Waals surface area contributed by atoms with Gasteiger partial charge in [-0.05, 0) is 30.3 Å². The first kappa shape index (κ1) is 20.0. The number of halogens is 5. The van der Waals surface area contributed by atoms with E-state index in [-0.39, 0.29) is 35.1 Å². The number of aromatic nitrogens is 3. The van der Waals surface area contributed by atoms with Gasteiger partial charge in [-0.2, -0.15) is 18.3 Å². The molecule has 0 aliphatic rings. The number of nitrogens with zero attached hydrogens (tertiary/aromatic N) is 3. The van der Waals surface area contributed by atoms with Crippen molar-refractivity contribution in [2.75, 3.05) is 20.3 Å². The van der Waals surface area contributed by atoms with Gasteiger partial charge in [-0.1, -0.05) is 11.6 Å². The van der Waals surface area contributed by atoms with Crippen LogP contribution in [-0.4, -0.2) is 40.8 Å². The molecule has 1 N–H and O–H groups in total. The molecule has 148 valence electrons. The monoisotopic (exact) mass is 416 g/mol. The lowest BCUT2D eigenvalue weighted by Gasteiger charge is -2.11. The van der Waals surface area contributed by atoms with Gasteiger partial charge in [-0.25, -0.2) is 13.9 Å². The average Bonchev–Trinajstić information content (AvgIpc) is 2.98. The Balaban J connectivity index is 2.15. The molecule has 0 bridgehead atoms. The minimum absolute atomic E-state index is 0.0898. The molecule has 0 saturated carbocycles. The molecule has 0 spiro atoms. The zero-order valence-corrected chi connectivity index (χ0v) is 15.1. The lowest BCUT2D eigenvalue weighted by molar-refractivity contribution is -0.142. The topological polar surface area (TPSA) is 68.5 Å². The van der Waals surface area contributed by atoms with Gasteiger partial charge >= 0.3 is 6.18 Å². The molecule has 0 aliphatic carbocycles. The van der Waals surface area contributed by atoms with E-state index in [0.717, 1.165) is 18.2 Å². The summed E-state index contributed by atoms with van der Waals surface area (Å²) in [6, 6.07) is 5.53. The summed E-state index contributed by atoms with van der Waals surface area (Å²) >= 11 is 6.11. The molecule has 0 unspecified atom stereocenters. The van der Waals surface area contributed by atoms with Gasteiger partial charge in [-0.15, -0.1) is 0 Å². The van der Waals surface area contributed by atoms with E-state index >= 15 is 0 Å². The van der Waals surface area contributed by atoms with E-state index in [4.69, 9.17) is 16.3 Å². The molecule has 28 heavy (non-hydrogen) atoms. The van der Waals surface area contributed by atoms with Gasteiger partial charge in [0.15, 0.2) is 17.0 Å². The third-order valence-electron chi connectivity index (χ3n) is 3.77. The molecule has 0 radical (unpaired) electrons. The molecule has 0 aliphatic heterocycles. The highest BCUT2D eigenvalue weighted by molar-refractivity contribution is 6.36. The van der Waals surface area contributed by atoms with Gasteiger partial charge in [0.1, 0.15) is 10.8 Å². The summed E-state index contributed by atoms with van der Waals surface area (Å²) in [5, 5.41) is 5.80. The Morgan fingerprint density at radius 1 is 1.29 bits per heavy atom. The summed E-state index contributed by atoms with van der Waals surface area (Å²) in [6.07, 6.45) is -4.80. The van der Waals surface area contributed by atoms with Gasteiger partial charge in [-0.3, -0.25) is 4.79 Å². The Bertz CT molecular complexity index is 1020. The second-order valence-electron chi connectivity index (χ2n) is 5.68. The normalized spacial score (nSPS) is 11.8. The number of ether oxygens (including phenoxy) is 1. The summed E-state index contributed by atoms with van der Waals surface area (Å²) < 4.78 is 59.1. The van der Waals surface area contributed by atoms with Gasteiger partial charge in [0.05, 0.1) is 12.3 Å². The van der Waals surface area contributed by atoms with Crippen LogP contribution in [0.1, 0.15) is 16.2 Å². The fraction of sp³-hybridized carbons (Fsp3) is 0.235. The maximum Gasteiger partial charge on any atom is 0.433 e. The van der Waals surface area contributed by atoms with Crippen LogP contribution < -0.4 is 5.32 Å². The second-order valence-corrected chi connectivity index (χ2v) is 6.06. The molecular weight excluding hydrogens is 404 g/mol. The van der Waals surface area contributed by atoms with E-state index in [1.165, 1.54) is 19.2 Å². The fourth-order valence-electron chi connectivity index (χ4n) is 2.46. The van der Waals surface area contributed by atoms with E-state index in [0.29, 0.717) is 4.52 Å². The lowest BCUT2D eigenvalue weighted by atomic mass is 10.1. The quantitative estimate of drug-likeness (QED) is 0.510. The number of fused-ring (bicyclic) bond motifs is 1. The summed E-state index contributed by atoms with van der Waals surface area (Å²) in [6.45, 7) is 0.331. The van der Waals surface area contributed by atoms with Crippen LogP contribution >= 0.6 is 11.6 Å². The number of amides is 1. The van der Waals surface area contributed by atoms with Crippen molar-refractivity contribution in [3.05, 3.63) is 52.6 Å². The number of nitrogens with one attached hydrogen (secondary N) is 1. The van der Waals surface area contributed by atoms with Crippen LogP contribution in [0, 0.1) is 5.82 Å². The van der Waals surface area contributed by atoms with Crippen molar-refractivity contribution < 1.29 is 27.1 Å². The number of carbonyl (C=O) groups excluding carboxylic acids is 1. The maximum absolute atomic E-state index is 13.6. The third-order valence-corrected chi connectivity index (χ3v) is 4.12. The van der Waals surface area contributed by atoms with Crippen molar-refractivity contribution in [2.45, 2.75) is 6.18 Å². The molecule has 0 fully saturated rings. The minimum atomic E-state index is -4.80. The van der Waals surface area contributed by atoms with Gasteiger partial charge in [0, 0.05) is 19.2 Å². The number of methoxy groups -OCH3 is 1. The molecule has 1 aromatic carbocycles. The first-order valence-corrected chi connectivity index (χ1v) is 8.29. The summed E-state index contributed by atoms with van der Waals surface area (Å²) in [4.78, 5) is 16.3. The molecule has 0 saturated heterocycles. The number of hydrogen-bond acceptors (Lipinski definition) is 4. The third kappa shape index (κ3) is 3.92. The molecule has 2 aromatic heterocycles. The number of carbonyl (C=O) groups is 1. The van der Waals surface area contributed by atoms with E-state index in [2.05, 4.69) is 15.4 Å². The average molecular weight is 417 g/mol. The van der Waals surface area contributed by atoms with Gasteiger partial charge in [0.25, 0.3) is 5.91 Å². The van der Waals surface area contributed by atoms with Crippen LogP contribution in [0.2, 0.25) is 5.02 Å². The van der Waals surface area contributed by atoms with Crippen molar-refractivity contribution in [1.29, 1.82) is 0 Å². The minimum Gasteiger partial charge on any atom is -0.383 e. The fourth-order valence-corrected chi connectivity index (χ4v) is 2.70. The summed E-state index contributed by atoms with van der Waals surface area (Å²) in [5.74, 6) is -1.30. The van der Waals surface area contributed by atoms with Crippen molar-refractivity contribution in [3.63, 3.8) is 0 Å². The van der Waals surface area contributed by atoms with Crippen LogP contribution in [-0.2, 0) is 10.9 Å². The molecule has 3 rings (SSSR count). The SMILES string of the molecule is COCCNC(=O)c1nn2c(C(F)(F)F)cc(-c3ccc(F)cc3)nc2c1Cl. The van der Waals surface area contributed by atoms with E-state index in [1.54, 1.807) is 0 Å². The Kier molecular flexibility index (Phi) is 5.52. The van der Waals surface area contributed by atoms with E-state index in [1.807, 2.05) is 0 Å². The predicted octanol–water partition coefficient (Wildman–Crippen LogP) is 3.58. The zero-order valence-electron chi connectivity index (χ0n) is 14.3. The van der Waals surface area contributed by atoms with Crippen molar-refractivity contribution in [2.24, 2.45) is 0 Å². The van der Waals surface area contributed by atoms with E-state index in [9.17, 15) is 22.4 Å². The standard InChI is InChI=1S/C17H13ClF4N4O2/c1-28-7-6-23-16(27)14-13(18)15-24-11(9-2-4-10(19)5-3-9)8-12(17(20,21)22)26(15)25-14/h2-5,8H,6-7H2,1H3,(H,23,27). The number of alkyl halides is 3. The van der Waals surface area contributed by atoms with Crippen molar-refractivity contribution >= 4 is 23.2 Å². The maximum atomic E-state index is 13.6. The summed E-state index contributed by atoms with van der Waals surface area (Å²) in [7, 11) is 1.43. The Hall–Kier alpha value is -2.72. The molecule has 11 heteroatoms. The van der Waals surface area contributed by atoms with Crippen LogP contribution in [0.15, 0.2) is 30.3 Å². The van der Waals surface area contributed by atoms with Crippen LogP contribution in [0.4, 0.5) is 17.6 Å². The number of hydrogen-bond donors (Lipinski definition) is 1. The van der Waals surface area contributed by atoms with Crippen LogP contribution in [0.3, 0.4) is 0 Å². The largest absolute Gasteiger partial charge is 0.433 e.